The molecule has 0 amide bonds. The molecular weight excluding hydrogens is 238 g/mol. The van der Waals surface area contributed by atoms with Crippen LogP contribution in [0.5, 0.6) is 0 Å². The lowest BCUT2D eigenvalue weighted by atomic mass is 9.86. The highest BCUT2D eigenvalue weighted by Crippen LogP contribution is 2.26. The molecule has 2 aromatic rings. The first kappa shape index (κ1) is 13.3. The molecule has 0 bridgehead atoms. The van der Waals surface area contributed by atoms with Gasteiger partial charge < -0.3 is 5.11 Å². The van der Waals surface area contributed by atoms with Gasteiger partial charge in [-0.25, -0.2) is 4.79 Å². The Morgan fingerprint density at radius 3 is 2.21 bits per heavy atom. The lowest BCUT2D eigenvalue weighted by molar-refractivity contribution is 0.0696. The van der Waals surface area contributed by atoms with Gasteiger partial charge in [-0.3, -0.25) is 4.98 Å². The molecule has 1 heterocycles. The van der Waals surface area contributed by atoms with Crippen molar-refractivity contribution in [1.82, 2.24) is 4.98 Å². The summed E-state index contributed by atoms with van der Waals surface area (Å²) >= 11 is 0. The Morgan fingerprint density at radius 2 is 1.68 bits per heavy atom. The van der Waals surface area contributed by atoms with E-state index < -0.39 is 5.97 Å². The zero-order chi connectivity index (χ0) is 14.0. The number of pyridine rings is 1. The van der Waals surface area contributed by atoms with Crippen LogP contribution >= 0.6 is 0 Å². The van der Waals surface area contributed by atoms with E-state index >= 15 is 0 Å². The van der Waals surface area contributed by atoms with Crippen LogP contribution in [0.2, 0.25) is 0 Å². The quantitative estimate of drug-likeness (QED) is 0.889. The van der Waals surface area contributed by atoms with Crippen molar-refractivity contribution in [2.45, 2.75) is 26.2 Å². The molecule has 19 heavy (non-hydrogen) atoms. The number of carboxylic acids is 1. The summed E-state index contributed by atoms with van der Waals surface area (Å²) < 4.78 is 0. The van der Waals surface area contributed by atoms with Crippen LogP contribution in [-0.2, 0) is 5.41 Å². The van der Waals surface area contributed by atoms with Gasteiger partial charge in [0, 0.05) is 18.0 Å². The highest BCUT2D eigenvalue weighted by Gasteiger charge is 2.13. The van der Waals surface area contributed by atoms with E-state index in [9.17, 15) is 4.79 Å². The number of hydrogen-bond acceptors (Lipinski definition) is 2. The third-order valence-corrected chi connectivity index (χ3v) is 3.07. The molecule has 1 aromatic carbocycles. The molecule has 0 aliphatic rings. The van der Waals surface area contributed by atoms with Crippen molar-refractivity contribution in [3.05, 3.63) is 53.9 Å². The van der Waals surface area contributed by atoms with Gasteiger partial charge in [0.1, 0.15) is 0 Å². The minimum atomic E-state index is -0.958. The first-order chi connectivity index (χ1) is 8.88. The highest BCUT2D eigenvalue weighted by atomic mass is 16.4. The molecule has 0 atom stereocenters. The molecule has 3 heteroatoms. The van der Waals surface area contributed by atoms with Crippen molar-refractivity contribution in [2.75, 3.05) is 0 Å². The predicted molar refractivity (Wildman–Crippen MR) is 75.3 cm³/mol. The van der Waals surface area contributed by atoms with E-state index in [0.29, 0.717) is 0 Å². The number of hydrogen-bond donors (Lipinski definition) is 1. The zero-order valence-corrected chi connectivity index (χ0v) is 11.3. The molecule has 0 aliphatic heterocycles. The predicted octanol–water partition coefficient (Wildman–Crippen LogP) is 3.74. The number of rotatable bonds is 2. The lowest BCUT2D eigenvalue weighted by Gasteiger charge is -2.19. The second kappa shape index (κ2) is 4.84. The zero-order valence-electron chi connectivity index (χ0n) is 11.3. The summed E-state index contributed by atoms with van der Waals surface area (Å²) in [5, 5.41) is 8.97. The Hall–Kier alpha value is -2.16. The second-order valence-electron chi connectivity index (χ2n) is 5.59. The third-order valence-electron chi connectivity index (χ3n) is 3.07. The van der Waals surface area contributed by atoms with Crippen LogP contribution in [0.1, 0.15) is 36.7 Å². The Bertz CT molecular complexity index is 595. The first-order valence-electron chi connectivity index (χ1n) is 6.17. The summed E-state index contributed by atoms with van der Waals surface area (Å²) in [4.78, 5) is 14.9. The molecule has 2 rings (SSSR count). The van der Waals surface area contributed by atoms with Gasteiger partial charge >= 0.3 is 5.97 Å². The van der Waals surface area contributed by atoms with E-state index in [4.69, 9.17) is 5.11 Å². The second-order valence-corrected chi connectivity index (χ2v) is 5.59. The van der Waals surface area contributed by atoms with Gasteiger partial charge in [-0.05, 0) is 22.6 Å². The Morgan fingerprint density at radius 1 is 1.05 bits per heavy atom. The normalized spacial score (nSPS) is 11.3. The number of carboxylic acid groups (broad SMARTS) is 1. The van der Waals surface area contributed by atoms with Crippen molar-refractivity contribution in [3.63, 3.8) is 0 Å². The topological polar surface area (TPSA) is 50.2 Å². The molecule has 0 unspecified atom stereocenters. The lowest BCUT2D eigenvalue weighted by Crippen LogP contribution is -2.10. The molecule has 0 spiro atoms. The van der Waals surface area contributed by atoms with E-state index in [-0.39, 0.29) is 11.0 Å². The molecule has 1 aromatic heterocycles. The highest BCUT2D eigenvalue weighted by molar-refractivity contribution is 5.88. The van der Waals surface area contributed by atoms with Crippen LogP contribution in [0.4, 0.5) is 0 Å². The van der Waals surface area contributed by atoms with Crippen LogP contribution in [0.15, 0.2) is 42.7 Å². The number of aromatic carboxylic acids is 1. The van der Waals surface area contributed by atoms with Crippen LogP contribution in [0.25, 0.3) is 11.1 Å². The summed E-state index contributed by atoms with van der Waals surface area (Å²) in [6.07, 6.45) is 3.04. The number of aromatic nitrogens is 1. The monoisotopic (exact) mass is 255 g/mol. The maximum atomic E-state index is 10.9. The average Bonchev–Trinajstić information content (AvgIpc) is 2.38. The van der Waals surface area contributed by atoms with Crippen LogP contribution in [-0.4, -0.2) is 16.1 Å². The van der Waals surface area contributed by atoms with Crippen LogP contribution in [0.3, 0.4) is 0 Å². The fourth-order valence-electron chi connectivity index (χ4n) is 1.88. The standard InChI is InChI=1S/C16H17NO2/c1-16(2,3)14-6-4-11(5-7-14)12-8-13(15(18)19)10-17-9-12/h4-10H,1-3H3,(H,18,19). The fourth-order valence-corrected chi connectivity index (χ4v) is 1.88. The van der Waals surface area contributed by atoms with Crippen molar-refractivity contribution >= 4 is 5.97 Å². The summed E-state index contributed by atoms with van der Waals surface area (Å²) in [6.45, 7) is 6.48. The maximum Gasteiger partial charge on any atom is 0.337 e. The number of carbonyl (C=O) groups is 1. The molecular formula is C16H17NO2. The minimum absolute atomic E-state index is 0.111. The van der Waals surface area contributed by atoms with Gasteiger partial charge in [0.05, 0.1) is 5.56 Å². The maximum absolute atomic E-state index is 10.9. The smallest absolute Gasteiger partial charge is 0.337 e. The van der Waals surface area contributed by atoms with E-state index in [1.807, 2.05) is 12.1 Å². The van der Waals surface area contributed by atoms with Crippen molar-refractivity contribution < 1.29 is 9.90 Å². The van der Waals surface area contributed by atoms with Crippen LogP contribution in [0, 0.1) is 0 Å². The van der Waals surface area contributed by atoms with Gasteiger partial charge in [0.25, 0.3) is 0 Å². The Balaban J connectivity index is 2.37. The van der Waals surface area contributed by atoms with Gasteiger partial charge in [0.2, 0.25) is 0 Å². The van der Waals surface area contributed by atoms with Crippen molar-refractivity contribution in [2.24, 2.45) is 0 Å². The largest absolute Gasteiger partial charge is 0.478 e. The molecule has 0 radical (unpaired) electrons. The van der Waals surface area contributed by atoms with Crippen molar-refractivity contribution in [1.29, 1.82) is 0 Å². The van der Waals surface area contributed by atoms with Gasteiger partial charge in [-0.1, -0.05) is 45.0 Å². The summed E-state index contributed by atoms with van der Waals surface area (Å²) in [6, 6.07) is 9.79. The van der Waals surface area contributed by atoms with E-state index in [0.717, 1.165) is 11.1 Å². The summed E-state index contributed by atoms with van der Waals surface area (Å²) in [7, 11) is 0. The Labute approximate surface area is 112 Å². The SMILES string of the molecule is CC(C)(C)c1ccc(-c2cncc(C(=O)O)c2)cc1. The van der Waals surface area contributed by atoms with Gasteiger partial charge in [0.15, 0.2) is 0 Å². The van der Waals surface area contributed by atoms with Gasteiger partial charge in [-0.15, -0.1) is 0 Å². The average molecular weight is 255 g/mol. The molecule has 98 valence electrons. The number of nitrogens with zero attached hydrogens (tertiary/aromatic N) is 1. The van der Waals surface area contributed by atoms with E-state index in [2.05, 4.69) is 37.9 Å². The summed E-state index contributed by atoms with van der Waals surface area (Å²) in [5.74, 6) is -0.958. The number of benzene rings is 1. The fraction of sp³-hybridized carbons (Fsp3) is 0.250. The van der Waals surface area contributed by atoms with Crippen LogP contribution < -0.4 is 0 Å². The molecule has 1 N–H and O–H groups in total. The van der Waals surface area contributed by atoms with Gasteiger partial charge in [-0.2, -0.15) is 0 Å². The molecule has 0 saturated carbocycles. The van der Waals surface area contributed by atoms with E-state index in [1.165, 1.54) is 11.8 Å². The van der Waals surface area contributed by atoms with E-state index in [1.54, 1.807) is 12.3 Å². The molecule has 0 fully saturated rings. The summed E-state index contributed by atoms with van der Waals surface area (Å²) in [5.41, 5.74) is 3.36. The molecule has 0 aliphatic carbocycles. The molecule has 3 nitrogen and oxygen atoms in total. The third kappa shape index (κ3) is 2.99. The minimum Gasteiger partial charge on any atom is -0.478 e. The molecule has 0 saturated heterocycles. The van der Waals surface area contributed by atoms with Crippen molar-refractivity contribution in [3.8, 4) is 11.1 Å². The first-order valence-corrected chi connectivity index (χ1v) is 6.17. The Kier molecular flexibility index (Phi) is 3.38.